The van der Waals surface area contributed by atoms with Crippen molar-refractivity contribution in [3.63, 3.8) is 0 Å². The quantitative estimate of drug-likeness (QED) is 0.692. The molecule has 2 aromatic rings. The monoisotopic (exact) mass is 406 g/mol. The Labute approximate surface area is 166 Å². The minimum Gasteiger partial charge on any atom is -0.497 e. The number of carbonyl (C=O) groups is 1. The predicted octanol–water partition coefficient (Wildman–Crippen LogP) is 2.56. The first-order valence-electron chi connectivity index (χ1n) is 8.89. The molecular formula is C20H26N2O5S. The standard InChI is InChI=1S/C20H26N2O5S/c1-5-27-19-12-8-17(9-13-19)22(28(4,24)25)15(2)20(23)21-14-16-6-10-18(26-3)11-7-16/h6-13,15H,5,14H2,1-4H3,(H,21,23)/t15-/m0/s1. The van der Waals surface area contributed by atoms with Gasteiger partial charge in [0.1, 0.15) is 17.5 Å². The topological polar surface area (TPSA) is 84.9 Å². The van der Waals surface area contributed by atoms with Crippen LogP contribution in [0.5, 0.6) is 11.5 Å². The molecular weight excluding hydrogens is 380 g/mol. The number of hydrogen-bond acceptors (Lipinski definition) is 5. The zero-order chi connectivity index (χ0) is 20.7. The van der Waals surface area contributed by atoms with Crippen LogP contribution in [0, 0.1) is 0 Å². The molecule has 0 aromatic heterocycles. The van der Waals surface area contributed by atoms with Gasteiger partial charge in [0.25, 0.3) is 0 Å². The Bertz CT molecular complexity index is 880. The number of methoxy groups -OCH3 is 1. The second-order valence-electron chi connectivity index (χ2n) is 6.23. The maximum atomic E-state index is 12.6. The lowest BCUT2D eigenvalue weighted by Crippen LogP contribution is -2.47. The van der Waals surface area contributed by atoms with E-state index in [9.17, 15) is 13.2 Å². The smallest absolute Gasteiger partial charge is 0.243 e. The Kier molecular flexibility index (Phi) is 7.28. The average Bonchev–Trinajstić information content (AvgIpc) is 2.67. The summed E-state index contributed by atoms with van der Waals surface area (Å²) in [4.78, 5) is 12.6. The van der Waals surface area contributed by atoms with Crippen molar-refractivity contribution in [3.05, 3.63) is 54.1 Å². The number of amides is 1. The van der Waals surface area contributed by atoms with E-state index in [2.05, 4.69) is 5.32 Å². The summed E-state index contributed by atoms with van der Waals surface area (Å²) in [5.74, 6) is 0.966. The summed E-state index contributed by atoms with van der Waals surface area (Å²) in [6.07, 6.45) is 1.08. The molecule has 2 rings (SSSR count). The summed E-state index contributed by atoms with van der Waals surface area (Å²) in [7, 11) is -2.08. The average molecular weight is 407 g/mol. The van der Waals surface area contributed by atoms with Gasteiger partial charge in [0, 0.05) is 6.54 Å². The van der Waals surface area contributed by atoms with Crippen molar-refractivity contribution in [1.29, 1.82) is 0 Å². The van der Waals surface area contributed by atoms with Gasteiger partial charge in [-0.05, 0) is 55.8 Å². The third-order valence-electron chi connectivity index (χ3n) is 4.12. The molecule has 0 radical (unpaired) electrons. The molecule has 7 nitrogen and oxygen atoms in total. The van der Waals surface area contributed by atoms with E-state index in [-0.39, 0.29) is 6.54 Å². The van der Waals surface area contributed by atoms with Crippen LogP contribution in [-0.2, 0) is 21.4 Å². The summed E-state index contributed by atoms with van der Waals surface area (Å²) in [6, 6.07) is 13.0. The highest BCUT2D eigenvalue weighted by atomic mass is 32.2. The lowest BCUT2D eigenvalue weighted by molar-refractivity contribution is -0.122. The first kappa shape index (κ1) is 21.6. The molecule has 0 aliphatic heterocycles. The SMILES string of the molecule is CCOc1ccc(N([C@@H](C)C(=O)NCc2ccc(OC)cc2)S(C)(=O)=O)cc1. The Morgan fingerprint density at radius 2 is 1.64 bits per heavy atom. The molecule has 0 bridgehead atoms. The second-order valence-corrected chi connectivity index (χ2v) is 8.09. The van der Waals surface area contributed by atoms with E-state index in [1.807, 2.05) is 19.1 Å². The Morgan fingerprint density at radius 1 is 1.07 bits per heavy atom. The van der Waals surface area contributed by atoms with Crippen molar-refractivity contribution in [1.82, 2.24) is 5.32 Å². The molecule has 2 aromatic carbocycles. The van der Waals surface area contributed by atoms with E-state index in [0.717, 1.165) is 21.9 Å². The Hall–Kier alpha value is -2.74. The summed E-state index contributed by atoms with van der Waals surface area (Å²) >= 11 is 0. The number of benzene rings is 2. The fourth-order valence-electron chi connectivity index (χ4n) is 2.75. The molecule has 1 amide bonds. The van der Waals surface area contributed by atoms with Crippen LogP contribution in [0.25, 0.3) is 0 Å². The van der Waals surface area contributed by atoms with Gasteiger partial charge in [-0.25, -0.2) is 8.42 Å². The van der Waals surface area contributed by atoms with E-state index in [1.165, 1.54) is 0 Å². The van der Waals surface area contributed by atoms with Crippen molar-refractivity contribution in [3.8, 4) is 11.5 Å². The van der Waals surface area contributed by atoms with Crippen molar-refractivity contribution in [2.75, 3.05) is 24.3 Å². The van der Waals surface area contributed by atoms with Gasteiger partial charge in [0.2, 0.25) is 15.9 Å². The molecule has 0 saturated carbocycles. The summed E-state index contributed by atoms with van der Waals surface area (Å²) in [5, 5.41) is 2.78. The Morgan fingerprint density at radius 3 is 2.14 bits per heavy atom. The normalized spacial score (nSPS) is 12.1. The summed E-state index contributed by atoms with van der Waals surface area (Å²) in [6.45, 7) is 4.22. The van der Waals surface area contributed by atoms with Gasteiger partial charge in [-0.2, -0.15) is 0 Å². The highest BCUT2D eigenvalue weighted by molar-refractivity contribution is 7.92. The van der Waals surface area contributed by atoms with Crippen molar-refractivity contribution < 1.29 is 22.7 Å². The van der Waals surface area contributed by atoms with Crippen LogP contribution in [0.1, 0.15) is 19.4 Å². The minimum atomic E-state index is -3.66. The number of hydrogen-bond donors (Lipinski definition) is 1. The van der Waals surface area contributed by atoms with E-state index in [1.54, 1.807) is 50.4 Å². The summed E-state index contributed by atoms with van der Waals surface area (Å²) in [5.41, 5.74) is 1.28. The molecule has 0 unspecified atom stereocenters. The van der Waals surface area contributed by atoms with Crippen LogP contribution < -0.4 is 19.1 Å². The molecule has 28 heavy (non-hydrogen) atoms. The predicted molar refractivity (Wildman–Crippen MR) is 109 cm³/mol. The van der Waals surface area contributed by atoms with Crippen LogP contribution in [-0.4, -0.2) is 40.3 Å². The zero-order valence-corrected chi connectivity index (χ0v) is 17.3. The van der Waals surface area contributed by atoms with Crippen molar-refractivity contribution >= 4 is 21.6 Å². The maximum absolute atomic E-state index is 12.6. The molecule has 0 aliphatic carbocycles. The van der Waals surface area contributed by atoms with Gasteiger partial charge in [-0.15, -0.1) is 0 Å². The lowest BCUT2D eigenvalue weighted by Gasteiger charge is -2.28. The molecule has 1 atom stereocenters. The second kappa shape index (κ2) is 9.45. The van der Waals surface area contributed by atoms with E-state index in [0.29, 0.717) is 18.0 Å². The molecule has 1 N–H and O–H groups in total. The van der Waals surface area contributed by atoms with Crippen molar-refractivity contribution in [2.24, 2.45) is 0 Å². The Balaban J connectivity index is 2.12. The van der Waals surface area contributed by atoms with E-state index >= 15 is 0 Å². The van der Waals surface area contributed by atoms with Gasteiger partial charge in [-0.3, -0.25) is 9.10 Å². The molecule has 0 spiro atoms. The first-order chi connectivity index (χ1) is 13.3. The molecule has 0 heterocycles. The summed E-state index contributed by atoms with van der Waals surface area (Å²) < 4.78 is 36.3. The van der Waals surface area contributed by atoms with Crippen LogP contribution in [0.2, 0.25) is 0 Å². The number of carbonyl (C=O) groups excluding carboxylic acids is 1. The van der Waals surface area contributed by atoms with Crippen LogP contribution in [0.15, 0.2) is 48.5 Å². The van der Waals surface area contributed by atoms with E-state index < -0.39 is 22.0 Å². The molecule has 0 saturated heterocycles. The number of nitrogens with one attached hydrogen (secondary N) is 1. The largest absolute Gasteiger partial charge is 0.497 e. The number of sulfonamides is 1. The highest BCUT2D eigenvalue weighted by Gasteiger charge is 2.29. The lowest BCUT2D eigenvalue weighted by atomic mass is 10.2. The van der Waals surface area contributed by atoms with Gasteiger partial charge < -0.3 is 14.8 Å². The third-order valence-corrected chi connectivity index (χ3v) is 5.36. The van der Waals surface area contributed by atoms with Gasteiger partial charge in [0.15, 0.2) is 0 Å². The molecule has 0 aliphatic rings. The van der Waals surface area contributed by atoms with Gasteiger partial charge in [-0.1, -0.05) is 12.1 Å². The number of anilines is 1. The van der Waals surface area contributed by atoms with E-state index in [4.69, 9.17) is 9.47 Å². The zero-order valence-electron chi connectivity index (χ0n) is 16.5. The van der Waals surface area contributed by atoms with Crippen LogP contribution in [0.3, 0.4) is 0 Å². The maximum Gasteiger partial charge on any atom is 0.243 e. The number of rotatable bonds is 9. The van der Waals surface area contributed by atoms with Gasteiger partial charge in [0.05, 0.1) is 25.7 Å². The fraction of sp³-hybridized carbons (Fsp3) is 0.350. The third kappa shape index (κ3) is 5.63. The molecule has 152 valence electrons. The first-order valence-corrected chi connectivity index (χ1v) is 10.7. The molecule has 0 fully saturated rings. The van der Waals surface area contributed by atoms with Gasteiger partial charge >= 0.3 is 0 Å². The minimum absolute atomic E-state index is 0.286. The van der Waals surface area contributed by atoms with Crippen molar-refractivity contribution in [2.45, 2.75) is 26.4 Å². The highest BCUT2D eigenvalue weighted by Crippen LogP contribution is 2.24. The number of nitrogens with zero attached hydrogens (tertiary/aromatic N) is 1. The van der Waals surface area contributed by atoms with Crippen LogP contribution in [0.4, 0.5) is 5.69 Å². The molecule has 8 heteroatoms. The fourth-order valence-corrected chi connectivity index (χ4v) is 3.92. The number of ether oxygens (including phenoxy) is 2. The van der Waals surface area contributed by atoms with Crippen LogP contribution >= 0.6 is 0 Å².